The highest BCUT2D eigenvalue weighted by Gasteiger charge is 2.23. The van der Waals surface area contributed by atoms with E-state index < -0.39 is 0 Å². The first-order valence-corrected chi connectivity index (χ1v) is 7.49. The smallest absolute Gasteiger partial charge is 0.203 e. The first-order valence-electron chi connectivity index (χ1n) is 6.58. The van der Waals surface area contributed by atoms with Crippen LogP contribution in [0.4, 0.5) is 5.95 Å². The highest BCUT2D eigenvalue weighted by molar-refractivity contribution is 9.09. The highest BCUT2D eigenvalue weighted by Crippen LogP contribution is 2.27. The Kier molecular flexibility index (Phi) is 3.29. The lowest BCUT2D eigenvalue weighted by Gasteiger charge is -2.33. The predicted molar refractivity (Wildman–Crippen MR) is 79.4 cm³/mol. The second-order valence-electron chi connectivity index (χ2n) is 5.08. The number of hydrogen-bond donors (Lipinski definition) is 1. The maximum Gasteiger partial charge on any atom is 0.203 e. The molecule has 1 aliphatic rings. The van der Waals surface area contributed by atoms with Crippen molar-refractivity contribution in [3.8, 4) is 0 Å². The van der Waals surface area contributed by atoms with Crippen LogP contribution in [0.3, 0.4) is 0 Å². The van der Waals surface area contributed by atoms with Crippen LogP contribution in [0.2, 0.25) is 0 Å². The number of hydrogen-bond acceptors (Lipinski definition) is 2. The average molecular weight is 308 g/mol. The maximum atomic E-state index is 4.66. The Labute approximate surface area is 116 Å². The van der Waals surface area contributed by atoms with Crippen molar-refractivity contribution >= 4 is 32.9 Å². The third-order valence-electron chi connectivity index (χ3n) is 3.87. The summed E-state index contributed by atoms with van der Waals surface area (Å²) in [4.78, 5) is 11.1. The van der Waals surface area contributed by atoms with Gasteiger partial charge in [-0.2, -0.15) is 0 Å². The summed E-state index contributed by atoms with van der Waals surface area (Å²) >= 11 is 3.70. The van der Waals surface area contributed by atoms with E-state index in [9.17, 15) is 0 Å². The monoisotopic (exact) mass is 307 g/mol. The summed E-state index contributed by atoms with van der Waals surface area (Å²) in [6.45, 7) is 4.45. The lowest BCUT2D eigenvalue weighted by Crippen LogP contribution is -2.36. The fraction of sp³-hybridized carbons (Fsp3) is 0.500. The largest absolute Gasteiger partial charge is 0.342 e. The topological polar surface area (TPSA) is 31.9 Å². The van der Waals surface area contributed by atoms with Crippen molar-refractivity contribution in [2.24, 2.45) is 5.92 Å². The Morgan fingerprint density at radius 2 is 2.06 bits per heavy atom. The molecule has 1 aromatic heterocycles. The molecule has 1 atom stereocenters. The number of para-hydroxylation sites is 2. The van der Waals surface area contributed by atoms with Crippen LogP contribution in [0.15, 0.2) is 24.3 Å². The number of imidazole rings is 1. The predicted octanol–water partition coefficient (Wildman–Crippen LogP) is 3.56. The van der Waals surface area contributed by atoms with E-state index in [-0.39, 0.29) is 0 Å². The standard InChI is InChI=1S/C14H18BrN3/c1-10(15)11-6-8-18(9-7-11)14-16-12-4-2-3-5-13(12)17-14/h2-5,10-11H,6-9H2,1H3,(H,16,17). The molecule has 0 saturated carbocycles. The van der Waals surface area contributed by atoms with Crippen LogP contribution in [0, 0.1) is 5.92 Å². The van der Waals surface area contributed by atoms with Gasteiger partial charge in [-0.1, -0.05) is 35.0 Å². The minimum absolute atomic E-state index is 0.621. The number of alkyl halides is 1. The average Bonchev–Trinajstić information content (AvgIpc) is 2.82. The van der Waals surface area contributed by atoms with Crippen LogP contribution >= 0.6 is 15.9 Å². The molecule has 1 aliphatic heterocycles. The van der Waals surface area contributed by atoms with Crippen molar-refractivity contribution < 1.29 is 0 Å². The van der Waals surface area contributed by atoms with E-state index in [1.807, 2.05) is 12.1 Å². The number of aromatic nitrogens is 2. The molecule has 0 radical (unpaired) electrons. The van der Waals surface area contributed by atoms with E-state index in [1.165, 1.54) is 12.8 Å². The molecule has 0 bridgehead atoms. The fourth-order valence-corrected chi connectivity index (χ4v) is 3.19. The van der Waals surface area contributed by atoms with Crippen LogP contribution in [-0.4, -0.2) is 27.9 Å². The summed E-state index contributed by atoms with van der Waals surface area (Å²) in [6, 6.07) is 8.22. The van der Waals surface area contributed by atoms with Gasteiger partial charge in [0.15, 0.2) is 0 Å². The molecule has 0 amide bonds. The number of piperidine rings is 1. The van der Waals surface area contributed by atoms with Gasteiger partial charge < -0.3 is 9.88 Å². The fourth-order valence-electron chi connectivity index (χ4n) is 2.66. The number of benzene rings is 1. The van der Waals surface area contributed by atoms with Gasteiger partial charge in [0.2, 0.25) is 5.95 Å². The third-order valence-corrected chi connectivity index (χ3v) is 4.61. The molecule has 2 heterocycles. The summed E-state index contributed by atoms with van der Waals surface area (Å²) in [5, 5.41) is 0. The summed E-state index contributed by atoms with van der Waals surface area (Å²) in [5.74, 6) is 1.82. The Hall–Kier alpha value is -1.03. The molecule has 1 N–H and O–H groups in total. The van der Waals surface area contributed by atoms with E-state index in [0.29, 0.717) is 4.83 Å². The van der Waals surface area contributed by atoms with Crippen LogP contribution in [0.1, 0.15) is 19.8 Å². The summed E-state index contributed by atoms with van der Waals surface area (Å²) < 4.78 is 0. The molecule has 1 aromatic carbocycles. The van der Waals surface area contributed by atoms with Gasteiger partial charge >= 0.3 is 0 Å². The van der Waals surface area contributed by atoms with Gasteiger partial charge in [-0.3, -0.25) is 0 Å². The lowest BCUT2D eigenvalue weighted by atomic mass is 9.94. The second-order valence-corrected chi connectivity index (χ2v) is 6.52. The second kappa shape index (κ2) is 4.92. The molecule has 0 spiro atoms. The van der Waals surface area contributed by atoms with E-state index in [0.717, 1.165) is 36.0 Å². The molecular formula is C14H18BrN3. The van der Waals surface area contributed by atoms with Crippen molar-refractivity contribution in [2.45, 2.75) is 24.6 Å². The first kappa shape index (κ1) is 12.0. The van der Waals surface area contributed by atoms with Gasteiger partial charge in [-0.15, -0.1) is 0 Å². The normalized spacial score (nSPS) is 19.3. The van der Waals surface area contributed by atoms with Gasteiger partial charge in [0.1, 0.15) is 0 Å². The van der Waals surface area contributed by atoms with Gasteiger partial charge in [0, 0.05) is 17.9 Å². The molecule has 1 fully saturated rings. The number of fused-ring (bicyclic) bond motifs is 1. The number of H-pyrrole nitrogens is 1. The van der Waals surface area contributed by atoms with Gasteiger partial charge in [0.05, 0.1) is 11.0 Å². The SMILES string of the molecule is CC(Br)C1CCN(c2nc3ccccc3[nH]2)CC1. The van der Waals surface area contributed by atoms with Gasteiger partial charge in [0.25, 0.3) is 0 Å². The highest BCUT2D eigenvalue weighted by atomic mass is 79.9. The van der Waals surface area contributed by atoms with Crippen molar-refractivity contribution in [3.05, 3.63) is 24.3 Å². The number of nitrogens with zero attached hydrogens (tertiary/aromatic N) is 2. The molecule has 96 valence electrons. The van der Waals surface area contributed by atoms with Crippen LogP contribution < -0.4 is 4.90 Å². The van der Waals surface area contributed by atoms with Crippen LogP contribution in [0.5, 0.6) is 0 Å². The zero-order chi connectivity index (χ0) is 12.5. The number of anilines is 1. The van der Waals surface area contributed by atoms with Crippen molar-refractivity contribution in [2.75, 3.05) is 18.0 Å². The first-order chi connectivity index (χ1) is 8.74. The molecule has 3 nitrogen and oxygen atoms in total. The number of nitrogens with one attached hydrogen (secondary N) is 1. The zero-order valence-corrected chi connectivity index (χ0v) is 12.2. The van der Waals surface area contributed by atoms with Gasteiger partial charge in [-0.05, 0) is 30.9 Å². The summed E-state index contributed by atoms with van der Waals surface area (Å²) in [7, 11) is 0. The molecule has 2 aromatic rings. The summed E-state index contributed by atoms with van der Waals surface area (Å²) in [6.07, 6.45) is 2.48. The number of aromatic amines is 1. The quantitative estimate of drug-likeness (QED) is 0.860. The zero-order valence-electron chi connectivity index (χ0n) is 10.6. The Balaban J connectivity index is 1.76. The third kappa shape index (κ3) is 2.26. The maximum absolute atomic E-state index is 4.66. The van der Waals surface area contributed by atoms with E-state index in [1.54, 1.807) is 0 Å². The molecule has 4 heteroatoms. The minimum Gasteiger partial charge on any atom is -0.342 e. The van der Waals surface area contributed by atoms with Crippen molar-refractivity contribution in [1.82, 2.24) is 9.97 Å². The van der Waals surface area contributed by atoms with Gasteiger partial charge in [-0.25, -0.2) is 4.98 Å². The minimum atomic E-state index is 0.621. The van der Waals surface area contributed by atoms with Crippen LogP contribution in [-0.2, 0) is 0 Å². The lowest BCUT2D eigenvalue weighted by molar-refractivity contribution is 0.404. The molecular weight excluding hydrogens is 290 g/mol. The van der Waals surface area contributed by atoms with E-state index >= 15 is 0 Å². The molecule has 1 saturated heterocycles. The molecule has 1 unspecified atom stereocenters. The molecule has 3 rings (SSSR count). The van der Waals surface area contributed by atoms with Crippen LogP contribution in [0.25, 0.3) is 11.0 Å². The Morgan fingerprint density at radius 1 is 1.33 bits per heavy atom. The molecule has 18 heavy (non-hydrogen) atoms. The Bertz CT molecular complexity index is 494. The van der Waals surface area contributed by atoms with E-state index in [2.05, 4.69) is 49.9 Å². The van der Waals surface area contributed by atoms with Crippen molar-refractivity contribution in [3.63, 3.8) is 0 Å². The number of halogens is 1. The summed E-state index contributed by atoms with van der Waals surface area (Å²) in [5.41, 5.74) is 2.19. The number of rotatable bonds is 2. The molecule has 0 aliphatic carbocycles. The Morgan fingerprint density at radius 3 is 2.72 bits per heavy atom. The van der Waals surface area contributed by atoms with E-state index in [4.69, 9.17) is 0 Å². The van der Waals surface area contributed by atoms with Crippen molar-refractivity contribution in [1.29, 1.82) is 0 Å².